The molecule has 1 aliphatic carbocycles. The van der Waals surface area contributed by atoms with Crippen LogP contribution in [0.2, 0.25) is 10.0 Å². The summed E-state index contributed by atoms with van der Waals surface area (Å²) >= 11 is 12.2. The fourth-order valence-electron chi connectivity index (χ4n) is 3.57. The van der Waals surface area contributed by atoms with Gasteiger partial charge in [-0.25, -0.2) is 0 Å². The van der Waals surface area contributed by atoms with Gasteiger partial charge in [0, 0.05) is 12.8 Å². The Bertz CT molecular complexity index is 910. The molecule has 0 aliphatic heterocycles. The van der Waals surface area contributed by atoms with Gasteiger partial charge in [0.2, 0.25) is 0 Å². The van der Waals surface area contributed by atoms with Gasteiger partial charge in [-0.05, 0) is 52.3 Å². The molecule has 0 amide bonds. The minimum atomic E-state index is -0.210. The fourth-order valence-corrected chi connectivity index (χ4v) is 3.86. The van der Waals surface area contributed by atoms with Crippen LogP contribution in [-0.2, 0) is 11.2 Å². The second-order valence-electron chi connectivity index (χ2n) is 7.62. The summed E-state index contributed by atoms with van der Waals surface area (Å²) in [5, 5.41) is 11.6. The summed E-state index contributed by atoms with van der Waals surface area (Å²) in [6, 6.07) is 11.5. The van der Waals surface area contributed by atoms with Gasteiger partial charge in [0.05, 0.1) is 15.6 Å². The largest absolute Gasteiger partial charge is 0.512 e. The lowest BCUT2D eigenvalue weighted by Gasteiger charge is -2.30. The Balaban J connectivity index is 2.15. The Labute approximate surface area is 164 Å². The number of hydrogen-bond acceptors (Lipinski definition) is 2. The van der Waals surface area contributed by atoms with Crippen LogP contribution in [0.25, 0.3) is 16.7 Å². The number of ketones is 1. The average molecular weight is 389 g/mol. The number of aryl methyl sites for hydroxylation is 1. The van der Waals surface area contributed by atoms with Crippen LogP contribution in [0.4, 0.5) is 0 Å². The number of allylic oxidation sites excluding steroid dienone is 2. The summed E-state index contributed by atoms with van der Waals surface area (Å²) in [5.74, 6) is 0.187. The minimum absolute atomic E-state index is 0.000242. The summed E-state index contributed by atoms with van der Waals surface area (Å²) in [6.45, 7) is 6.06. The third-order valence-corrected chi connectivity index (χ3v) is 5.60. The molecule has 0 heterocycles. The lowest BCUT2D eigenvalue weighted by molar-refractivity contribution is -0.116. The third kappa shape index (κ3) is 3.67. The van der Waals surface area contributed by atoms with Crippen LogP contribution in [0, 0.1) is 5.41 Å². The number of rotatable bonds is 3. The van der Waals surface area contributed by atoms with Crippen LogP contribution in [0.15, 0.2) is 42.2 Å². The topological polar surface area (TPSA) is 37.3 Å². The first-order valence-electron chi connectivity index (χ1n) is 8.76. The van der Waals surface area contributed by atoms with Crippen LogP contribution < -0.4 is 0 Å². The van der Waals surface area contributed by atoms with E-state index in [9.17, 15) is 9.90 Å². The number of aliphatic hydroxyl groups excluding tert-OH is 1. The van der Waals surface area contributed by atoms with Gasteiger partial charge < -0.3 is 5.11 Å². The van der Waals surface area contributed by atoms with Crippen LogP contribution in [0.5, 0.6) is 0 Å². The van der Waals surface area contributed by atoms with Gasteiger partial charge in [0.1, 0.15) is 5.76 Å². The molecule has 0 unspecified atom stereocenters. The van der Waals surface area contributed by atoms with E-state index in [0.717, 1.165) is 28.7 Å². The minimum Gasteiger partial charge on any atom is -0.512 e. The first-order chi connectivity index (χ1) is 12.2. The number of benzene rings is 2. The third-order valence-electron chi connectivity index (χ3n) is 4.87. The summed E-state index contributed by atoms with van der Waals surface area (Å²) in [5.41, 5.74) is 3.97. The van der Waals surface area contributed by atoms with Crippen molar-refractivity contribution in [3.63, 3.8) is 0 Å². The molecule has 0 saturated heterocycles. The van der Waals surface area contributed by atoms with Crippen molar-refractivity contribution in [3.8, 4) is 11.1 Å². The van der Waals surface area contributed by atoms with Gasteiger partial charge in [0.15, 0.2) is 5.78 Å². The molecule has 136 valence electrons. The van der Waals surface area contributed by atoms with E-state index in [4.69, 9.17) is 23.2 Å². The number of hydrogen-bond donors (Lipinski definition) is 1. The Morgan fingerprint density at radius 1 is 1.00 bits per heavy atom. The molecule has 3 rings (SSSR count). The summed E-state index contributed by atoms with van der Waals surface area (Å²) < 4.78 is 0. The summed E-state index contributed by atoms with van der Waals surface area (Å²) in [6.07, 6.45) is 1.73. The highest BCUT2D eigenvalue weighted by molar-refractivity contribution is 6.42. The van der Waals surface area contributed by atoms with Crippen molar-refractivity contribution in [3.05, 3.63) is 63.3 Å². The van der Waals surface area contributed by atoms with Gasteiger partial charge in [0.25, 0.3) is 0 Å². The zero-order valence-corrected chi connectivity index (χ0v) is 16.7. The van der Waals surface area contributed by atoms with Crippen LogP contribution in [-0.4, -0.2) is 10.9 Å². The molecule has 0 fully saturated rings. The Hall–Kier alpha value is -1.77. The van der Waals surface area contributed by atoms with E-state index in [2.05, 4.69) is 0 Å². The predicted molar refractivity (Wildman–Crippen MR) is 109 cm³/mol. The van der Waals surface area contributed by atoms with Crippen LogP contribution in [0.1, 0.15) is 44.7 Å². The molecule has 1 aliphatic rings. The lowest BCUT2D eigenvalue weighted by Crippen LogP contribution is -2.25. The molecule has 0 atom stereocenters. The maximum absolute atomic E-state index is 12.8. The zero-order valence-electron chi connectivity index (χ0n) is 15.2. The second-order valence-corrected chi connectivity index (χ2v) is 8.43. The van der Waals surface area contributed by atoms with E-state index < -0.39 is 0 Å². The van der Waals surface area contributed by atoms with Crippen molar-refractivity contribution in [2.24, 2.45) is 5.41 Å². The number of Topliss-reactive ketones (excluding diaryl/α,β-unsaturated/α-hetero) is 1. The van der Waals surface area contributed by atoms with E-state index in [1.54, 1.807) is 6.07 Å². The molecule has 2 aromatic carbocycles. The first kappa shape index (κ1) is 19.0. The highest BCUT2D eigenvalue weighted by Gasteiger charge is 2.34. The Morgan fingerprint density at radius 3 is 2.27 bits per heavy atom. The lowest BCUT2D eigenvalue weighted by atomic mass is 9.74. The fraction of sp³-hybridized carbons (Fsp3) is 0.318. The molecule has 0 radical (unpaired) electrons. The molecule has 4 heteroatoms. The van der Waals surface area contributed by atoms with E-state index in [1.807, 2.05) is 51.1 Å². The number of carbonyl (C=O) groups excluding carboxylic acids is 1. The van der Waals surface area contributed by atoms with Gasteiger partial charge in [-0.15, -0.1) is 0 Å². The van der Waals surface area contributed by atoms with Crippen LogP contribution >= 0.6 is 23.2 Å². The SMILES string of the molecule is CCc1ccc(-c2ccc(Cl)c(Cl)c2)cc1C1=C(O)CC(C)(C)CC1=O. The quantitative estimate of drug-likeness (QED) is 0.621. The molecule has 2 nitrogen and oxygen atoms in total. The van der Waals surface area contributed by atoms with Crippen molar-refractivity contribution >= 4 is 34.6 Å². The van der Waals surface area contributed by atoms with Crippen molar-refractivity contribution in [1.82, 2.24) is 0 Å². The summed E-state index contributed by atoms with van der Waals surface area (Å²) in [7, 11) is 0. The standard InChI is InChI=1S/C22H22Cl2O2/c1-4-13-5-6-14(15-7-8-17(23)18(24)10-15)9-16(13)21-19(25)11-22(2,3)12-20(21)26/h5-10,25H,4,11-12H2,1-3H3. The summed E-state index contributed by atoms with van der Waals surface area (Å²) in [4.78, 5) is 12.8. The monoisotopic (exact) mass is 388 g/mol. The van der Waals surface area contributed by atoms with E-state index in [-0.39, 0.29) is 17.0 Å². The molecule has 2 aromatic rings. The highest BCUT2D eigenvalue weighted by Crippen LogP contribution is 2.41. The molecular weight excluding hydrogens is 367 g/mol. The van der Waals surface area contributed by atoms with Gasteiger partial charge >= 0.3 is 0 Å². The van der Waals surface area contributed by atoms with Crippen molar-refractivity contribution in [2.45, 2.75) is 40.0 Å². The van der Waals surface area contributed by atoms with Crippen LogP contribution in [0.3, 0.4) is 0 Å². The van der Waals surface area contributed by atoms with Crippen molar-refractivity contribution in [2.75, 3.05) is 0 Å². The molecule has 0 spiro atoms. The Morgan fingerprint density at radius 2 is 1.65 bits per heavy atom. The van der Waals surface area contributed by atoms with Gasteiger partial charge in [-0.3, -0.25) is 4.79 Å². The number of halogens is 2. The van der Waals surface area contributed by atoms with E-state index in [0.29, 0.717) is 28.5 Å². The second kappa shape index (κ2) is 7.09. The van der Waals surface area contributed by atoms with E-state index in [1.165, 1.54) is 0 Å². The Kier molecular flexibility index (Phi) is 5.18. The predicted octanol–water partition coefficient (Wildman–Crippen LogP) is 6.88. The zero-order chi connectivity index (χ0) is 19.1. The molecule has 0 saturated carbocycles. The average Bonchev–Trinajstić information content (AvgIpc) is 2.55. The molecular formula is C22H22Cl2O2. The number of carbonyl (C=O) groups is 1. The normalized spacial score (nSPS) is 16.9. The maximum Gasteiger partial charge on any atom is 0.167 e. The highest BCUT2D eigenvalue weighted by atomic mass is 35.5. The molecule has 26 heavy (non-hydrogen) atoms. The van der Waals surface area contributed by atoms with Gasteiger partial charge in [-0.1, -0.05) is 62.2 Å². The smallest absolute Gasteiger partial charge is 0.167 e. The molecule has 0 aromatic heterocycles. The first-order valence-corrected chi connectivity index (χ1v) is 9.51. The maximum atomic E-state index is 12.8. The number of aliphatic hydroxyl groups is 1. The molecule has 1 N–H and O–H groups in total. The van der Waals surface area contributed by atoms with Crippen molar-refractivity contribution in [1.29, 1.82) is 0 Å². The van der Waals surface area contributed by atoms with Crippen molar-refractivity contribution < 1.29 is 9.90 Å². The van der Waals surface area contributed by atoms with Gasteiger partial charge in [-0.2, -0.15) is 0 Å². The van der Waals surface area contributed by atoms with E-state index >= 15 is 0 Å². The molecule has 0 bridgehead atoms.